The van der Waals surface area contributed by atoms with E-state index in [9.17, 15) is 4.79 Å². The van der Waals surface area contributed by atoms with Crippen LogP contribution in [0.4, 0.5) is 0 Å². The molecule has 0 radical (unpaired) electrons. The first-order valence-electron chi connectivity index (χ1n) is 10.6. The molecule has 5 rings (SSSR count). The Hall–Kier alpha value is -2.67. The first-order valence-corrected chi connectivity index (χ1v) is 10.6. The Morgan fingerprint density at radius 2 is 2.07 bits per heavy atom. The molecule has 1 saturated heterocycles. The molecule has 3 aromatic rings. The van der Waals surface area contributed by atoms with Crippen molar-refractivity contribution < 1.29 is 4.79 Å². The van der Waals surface area contributed by atoms with Crippen LogP contribution in [-0.4, -0.2) is 68.7 Å². The number of nitrogens with one attached hydrogen (secondary N) is 1. The highest BCUT2D eigenvalue weighted by atomic mass is 16.2. The van der Waals surface area contributed by atoms with Crippen LogP contribution in [0.1, 0.15) is 36.0 Å². The lowest BCUT2D eigenvalue weighted by atomic mass is 9.97. The molecule has 1 atom stereocenters. The fourth-order valence-electron chi connectivity index (χ4n) is 4.83. The molecule has 2 aliphatic heterocycles. The third-order valence-electron chi connectivity index (χ3n) is 6.41. The highest BCUT2D eigenvalue weighted by Gasteiger charge is 2.28. The van der Waals surface area contributed by atoms with Gasteiger partial charge in [0.2, 0.25) is 5.91 Å². The molecule has 1 aromatic carbocycles. The summed E-state index contributed by atoms with van der Waals surface area (Å²) in [5.41, 5.74) is 2.15. The number of hydrogen-bond acceptors (Lipinski definition) is 4. The molecule has 4 heterocycles. The average Bonchev–Trinajstić information content (AvgIpc) is 3.26. The Morgan fingerprint density at radius 1 is 1.17 bits per heavy atom. The van der Waals surface area contributed by atoms with Gasteiger partial charge in [-0.2, -0.15) is 0 Å². The maximum Gasteiger partial charge on any atom is 0.227 e. The van der Waals surface area contributed by atoms with Gasteiger partial charge >= 0.3 is 0 Å². The Bertz CT molecular complexity index is 1020. The van der Waals surface area contributed by atoms with E-state index >= 15 is 0 Å². The maximum absolute atomic E-state index is 13.0. The van der Waals surface area contributed by atoms with Crippen molar-refractivity contribution in [1.82, 2.24) is 29.5 Å². The van der Waals surface area contributed by atoms with Crippen molar-refractivity contribution in [2.24, 2.45) is 0 Å². The van der Waals surface area contributed by atoms with Gasteiger partial charge < -0.3 is 19.4 Å². The van der Waals surface area contributed by atoms with Crippen LogP contribution in [0.25, 0.3) is 10.9 Å². The third-order valence-corrected chi connectivity index (χ3v) is 6.41. The molecule has 0 saturated carbocycles. The minimum Gasteiger partial charge on any atom is -0.361 e. The second-order valence-electron chi connectivity index (χ2n) is 8.39. The Kier molecular flexibility index (Phi) is 4.83. The van der Waals surface area contributed by atoms with Gasteiger partial charge in [-0.1, -0.05) is 18.2 Å². The average molecular weight is 393 g/mol. The predicted molar refractivity (Wildman–Crippen MR) is 112 cm³/mol. The lowest BCUT2D eigenvalue weighted by Crippen LogP contribution is -2.35. The van der Waals surface area contributed by atoms with Crippen molar-refractivity contribution in [3.63, 3.8) is 0 Å². The first-order chi connectivity index (χ1) is 14.2. The largest absolute Gasteiger partial charge is 0.361 e. The number of H-pyrrole nitrogens is 1. The fourth-order valence-corrected chi connectivity index (χ4v) is 4.83. The van der Waals surface area contributed by atoms with Crippen LogP contribution < -0.4 is 0 Å². The standard InChI is InChI=1S/C22H28N6O/c1-26-9-4-5-16(15-26)22-25-24-20-8-10-27(11-12-28(20)22)21(29)13-17-14-23-19-7-3-2-6-18(17)19/h2-3,6-7,14,16,23H,4-5,8-13,15H2,1H3. The van der Waals surface area contributed by atoms with Crippen molar-refractivity contribution in [3.8, 4) is 0 Å². The van der Waals surface area contributed by atoms with Gasteiger partial charge in [-0.05, 0) is 38.1 Å². The summed E-state index contributed by atoms with van der Waals surface area (Å²) < 4.78 is 2.28. The summed E-state index contributed by atoms with van der Waals surface area (Å²) >= 11 is 0. The van der Waals surface area contributed by atoms with Gasteiger partial charge in [0.1, 0.15) is 11.6 Å². The highest BCUT2D eigenvalue weighted by molar-refractivity contribution is 5.88. The number of piperidine rings is 1. The molecule has 1 fully saturated rings. The van der Waals surface area contributed by atoms with Gasteiger partial charge in [-0.3, -0.25) is 4.79 Å². The highest BCUT2D eigenvalue weighted by Crippen LogP contribution is 2.26. The molecule has 1 N–H and O–H groups in total. The molecule has 2 aromatic heterocycles. The number of fused-ring (bicyclic) bond motifs is 2. The summed E-state index contributed by atoms with van der Waals surface area (Å²) in [6.07, 6.45) is 5.55. The van der Waals surface area contributed by atoms with E-state index in [-0.39, 0.29) is 5.91 Å². The number of likely N-dealkylation sites (N-methyl/N-ethyl adjacent to an activating group) is 1. The quantitative estimate of drug-likeness (QED) is 0.742. The van der Waals surface area contributed by atoms with Gasteiger partial charge in [-0.25, -0.2) is 0 Å². The van der Waals surface area contributed by atoms with Crippen LogP contribution in [-0.2, 0) is 24.2 Å². The SMILES string of the molecule is CN1CCCC(c2nnc3n2CCN(C(=O)Cc2c[nH]c4ccccc24)CC3)C1. The van der Waals surface area contributed by atoms with Crippen LogP contribution in [0.15, 0.2) is 30.5 Å². The van der Waals surface area contributed by atoms with E-state index in [1.165, 1.54) is 12.8 Å². The zero-order valence-corrected chi connectivity index (χ0v) is 17.0. The minimum absolute atomic E-state index is 0.187. The van der Waals surface area contributed by atoms with Crippen LogP contribution in [0.2, 0.25) is 0 Å². The molecule has 1 unspecified atom stereocenters. The molecule has 0 spiro atoms. The number of rotatable bonds is 3. The molecule has 1 amide bonds. The number of aromatic amines is 1. The number of para-hydroxylation sites is 1. The molecule has 2 aliphatic rings. The van der Waals surface area contributed by atoms with E-state index < -0.39 is 0 Å². The van der Waals surface area contributed by atoms with E-state index in [1.54, 1.807) is 0 Å². The van der Waals surface area contributed by atoms with Crippen molar-refractivity contribution in [1.29, 1.82) is 0 Å². The van der Waals surface area contributed by atoms with Gasteiger partial charge in [0.05, 0.1) is 6.42 Å². The van der Waals surface area contributed by atoms with Crippen molar-refractivity contribution in [3.05, 3.63) is 47.7 Å². The topological polar surface area (TPSA) is 70.1 Å². The molecule has 152 valence electrons. The van der Waals surface area contributed by atoms with E-state index in [4.69, 9.17) is 0 Å². The van der Waals surface area contributed by atoms with E-state index in [2.05, 4.69) is 37.8 Å². The Labute approximate surface area is 170 Å². The van der Waals surface area contributed by atoms with E-state index in [1.807, 2.05) is 29.3 Å². The van der Waals surface area contributed by atoms with Gasteiger partial charge in [0.25, 0.3) is 0 Å². The molecule has 7 heteroatoms. The number of carbonyl (C=O) groups excluding carboxylic acids is 1. The van der Waals surface area contributed by atoms with Crippen LogP contribution in [0.3, 0.4) is 0 Å². The smallest absolute Gasteiger partial charge is 0.227 e. The normalized spacial score (nSPS) is 20.6. The lowest BCUT2D eigenvalue weighted by molar-refractivity contribution is -0.130. The summed E-state index contributed by atoms with van der Waals surface area (Å²) in [6, 6.07) is 8.15. The summed E-state index contributed by atoms with van der Waals surface area (Å²) in [5, 5.41) is 10.2. The lowest BCUT2D eigenvalue weighted by Gasteiger charge is -2.29. The number of benzene rings is 1. The minimum atomic E-state index is 0.187. The summed E-state index contributed by atoms with van der Waals surface area (Å²) in [6.45, 7) is 4.43. The van der Waals surface area contributed by atoms with Crippen molar-refractivity contribution >= 4 is 16.8 Å². The molecule has 0 aliphatic carbocycles. The third kappa shape index (κ3) is 3.55. The molecular formula is C22H28N6O. The molecule has 7 nitrogen and oxygen atoms in total. The summed E-state index contributed by atoms with van der Waals surface area (Å²) in [4.78, 5) is 20.7. The number of aromatic nitrogens is 4. The molecule has 29 heavy (non-hydrogen) atoms. The zero-order chi connectivity index (χ0) is 19.8. The Morgan fingerprint density at radius 3 is 2.97 bits per heavy atom. The first kappa shape index (κ1) is 18.4. The maximum atomic E-state index is 13.0. The van der Waals surface area contributed by atoms with E-state index in [0.29, 0.717) is 18.9 Å². The summed E-state index contributed by atoms with van der Waals surface area (Å²) in [5.74, 6) is 2.77. The number of amides is 1. The predicted octanol–water partition coefficient (Wildman–Crippen LogP) is 2.20. The van der Waals surface area contributed by atoms with Gasteiger partial charge in [0, 0.05) is 55.6 Å². The molecule has 0 bridgehead atoms. The van der Waals surface area contributed by atoms with Gasteiger partial charge in [-0.15, -0.1) is 10.2 Å². The number of carbonyl (C=O) groups is 1. The number of nitrogens with zero attached hydrogens (tertiary/aromatic N) is 5. The Balaban J connectivity index is 1.29. The second-order valence-corrected chi connectivity index (χ2v) is 8.39. The second kappa shape index (κ2) is 7.63. The van der Waals surface area contributed by atoms with Crippen LogP contribution in [0.5, 0.6) is 0 Å². The zero-order valence-electron chi connectivity index (χ0n) is 17.0. The number of hydrogen-bond donors (Lipinski definition) is 1. The van der Waals surface area contributed by atoms with E-state index in [0.717, 1.165) is 60.7 Å². The van der Waals surface area contributed by atoms with Crippen molar-refractivity contribution in [2.45, 2.75) is 38.1 Å². The summed E-state index contributed by atoms with van der Waals surface area (Å²) in [7, 11) is 2.18. The molecular weight excluding hydrogens is 364 g/mol. The monoisotopic (exact) mass is 392 g/mol. The van der Waals surface area contributed by atoms with Crippen LogP contribution in [0, 0.1) is 0 Å². The van der Waals surface area contributed by atoms with Gasteiger partial charge in [0.15, 0.2) is 0 Å². The van der Waals surface area contributed by atoms with Crippen LogP contribution >= 0.6 is 0 Å². The number of likely N-dealkylation sites (tertiary alicyclic amines) is 1. The fraction of sp³-hybridized carbons (Fsp3) is 0.500. The van der Waals surface area contributed by atoms with Crippen molar-refractivity contribution in [2.75, 3.05) is 33.2 Å².